The third kappa shape index (κ3) is 2.68. The van der Waals surface area contributed by atoms with Crippen molar-refractivity contribution in [2.75, 3.05) is 25.0 Å². The Morgan fingerprint density at radius 1 is 1.31 bits per heavy atom. The average Bonchev–Trinajstić information content (AvgIpc) is 2.77. The van der Waals surface area contributed by atoms with Gasteiger partial charge in [0.25, 0.3) is 0 Å². The van der Waals surface area contributed by atoms with Crippen molar-refractivity contribution < 1.29 is 0 Å². The fraction of sp³-hybridized carbons (Fsp3) is 0.455. The molecule has 0 atom stereocenters. The summed E-state index contributed by atoms with van der Waals surface area (Å²) in [6.07, 6.45) is 2.72. The van der Waals surface area contributed by atoms with Crippen LogP contribution in [-0.2, 0) is 0 Å². The number of anilines is 1. The van der Waals surface area contributed by atoms with E-state index in [2.05, 4.69) is 33.6 Å². The molecule has 0 bridgehead atoms. The van der Waals surface area contributed by atoms with Gasteiger partial charge in [-0.3, -0.25) is 0 Å². The number of aromatic nitrogens is 2. The first kappa shape index (κ1) is 11.3. The van der Waals surface area contributed by atoms with Crippen molar-refractivity contribution in [2.24, 2.45) is 0 Å². The van der Waals surface area contributed by atoms with E-state index in [0.717, 1.165) is 42.1 Å². The summed E-state index contributed by atoms with van der Waals surface area (Å²) < 4.78 is 0. The molecule has 0 saturated heterocycles. The zero-order valence-electron chi connectivity index (χ0n) is 9.36. The number of hydrogen-bond donors (Lipinski definition) is 2. The van der Waals surface area contributed by atoms with Gasteiger partial charge in [-0.25, -0.2) is 9.97 Å². The maximum Gasteiger partial charge on any atom is 0.138 e. The van der Waals surface area contributed by atoms with Gasteiger partial charge in [0.2, 0.25) is 0 Å². The second-order valence-electron chi connectivity index (χ2n) is 3.50. The van der Waals surface area contributed by atoms with E-state index in [1.807, 2.05) is 5.38 Å². The summed E-state index contributed by atoms with van der Waals surface area (Å²) in [5, 5.41) is 9.81. The Kier molecular flexibility index (Phi) is 4.07. The molecule has 0 spiro atoms. The van der Waals surface area contributed by atoms with Crippen molar-refractivity contribution >= 4 is 27.4 Å². The second kappa shape index (κ2) is 5.77. The smallest absolute Gasteiger partial charge is 0.138 e. The van der Waals surface area contributed by atoms with Crippen LogP contribution in [0.1, 0.15) is 13.3 Å². The lowest BCUT2D eigenvalue weighted by atomic mass is 10.3. The first-order valence-electron chi connectivity index (χ1n) is 5.54. The Bertz CT molecular complexity index is 440. The number of nitrogens with one attached hydrogen (secondary N) is 2. The van der Waals surface area contributed by atoms with Gasteiger partial charge in [0.05, 0.1) is 5.39 Å². The molecule has 2 aromatic heterocycles. The van der Waals surface area contributed by atoms with Crippen LogP contribution in [0.15, 0.2) is 17.8 Å². The molecule has 0 aromatic carbocycles. The third-order valence-electron chi connectivity index (χ3n) is 2.33. The molecule has 16 heavy (non-hydrogen) atoms. The zero-order chi connectivity index (χ0) is 11.2. The van der Waals surface area contributed by atoms with E-state index in [1.54, 1.807) is 17.7 Å². The largest absolute Gasteiger partial charge is 0.369 e. The van der Waals surface area contributed by atoms with E-state index in [1.165, 1.54) is 0 Å². The maximum absolute atomic E-state index is 4.26. The average molecular weight is 236 g/mol. The van der Waals surface area contributed by atoms with Crippen LogP contribution in [0, 0.1) is 0 Å². The van der Waals surface area contributed by atoms with Crippen LogP contribution in [0.2, 0.25) is 0 Å². The van der Waals surface area contributed by atoms with Crippen LogP contribution in [0.5, 0.6) is 0 Å². The minimum absolute atomic E-state index is 0.939. The highest BCUT2D eigenvalue weighted by Gasteiger charge is 2.02. The van der Waals surface area contributed by atoms with Gasteiger partial charge in [-0.15, -0.1) is 11.3 Å². The SMILES string of the molecule is CCNCCCNc1ncnc2sccc12. The Morgan fingerprint density at radius 2 is 2.25 bits per heavy atom. The zero-order valence-corrected chi connectivity index (χ0v) is 10.2. The summed E-state index contributed by atoms with van der Waals surface area (Å²) in [5.41, 5.74) is 0. The normalized spacial score (nSPS) is 10.8. The monoisotopic (exact) mass is 236 g/mol. The molecule has 2 N–H and O–H groups in total. The van der Waals surface area contributed by atoms with E-state index in [9.17, 15) is 0 Å². The van der Waals surface area contributed by atoms with Crippen LogP contribution in [0.3, 0.4) is 0 Å². The van der Waals surface area contributed by atoms with E-state index in [4.69, 9.17) is 0 Å². The van der Waals surface area contributed by atoms with Crippen molar-refractivity contribution in [2.45, 2.75) is 13.3 Å². The molecule has 2 rings (SSSR count). The second-order valence-corrected chi connectivity index (χ2v) is 4.39. The first-order valence-corrected chi connectivity index (χ1v) is 6.42. The lowest BCUT2D eigenvalue weighted by Crippen LogP contribution is -2.17. The summed E-state index contributed by atoms with van der Waals surface area (Å²) >= 11 is 1.65. The Hall–Kier alpha value is -1.20. The van der Waals surface area contributed by atoms with Gasteiger partial charge in [0.15, 0.2) is 0 Å². The van der Waals surface area contributed by atoms with Gasteiger partial charge >= 0.3 is 0 Å². The predicted molar refractivity (Wildman–Crippen MR) is 69.1 cm³/mol. The minimum atomic E-state index is 0.939. The van der Waals surface area contributed by atoms with E-state index >= 15 is 0 Å². The Morgan fingerprint density at radius 3 is 3.12 bits per heavy atom. The van der Waals surface area contributed by atoms with Crippen LogP contribution in [0.4, 0.5) is 5.82 Å². The van der Waals surface area contributed by atoms with E-state index in [-0.39, 0.29) is 0 Å². The lowest BCUT2D eigenvalue weighted by Gasteiger charge is -2.06. The third-order valence-corrected chi connectivity index (χ3v) is 3.16. The van der Waals surface area contributed by atoms with Crippen LogP contribution >= 0.6 is 11.3 Å². The molecule has 2 heterocycles. The number of thiophene rings is 1. The first-order chi connectivity index (χ1) is 7.92. The molecular weight excluding hydrogens is 220 g/mol. The molecule has 0 saturated carbocycles. The molecule has 0 fully saturated rings. The lowest BCUT2D eigenvalue weighted by molar-refractivity contribution is 0.688. The summed E-state index contributed by atoms with van der Waals surface area (Å²) in [7, 11) is 0. The molecule has 2 aromatic rings. The van der Waals surface area contributed by atoms with Gasteiger partial charge in [0.1, 0.15) is 17.0 Å². The quantitative estimate of drug-likeness (QED) is 0.754. The fourth-order valence-electron chi connectivity index (χ4n) is 1.53. The summed E-state index contributed by atoms with van der Waals surface area (Å²) in [6, 6.07) is 2.06. The molecule has 0 aliphatic heterocycles. The highest BCUT2D eigenvalue weighted by atomic mass is 32.1. The molecule has 4 nitrogen and oxygen atoms in total. The van der Waals surface area contributed by atoms with Gasteiger partial charge < -0.3 is 10.6 Å². The summed E-state index contributed by atoms with van der Waals surface area (Å²) in [4.78, 5) is 9.52. The van der Waals surface area contributed by atoms with Crippen LogP contribution < -0.4 is 10.6 Å². The summed E-state index contributed by atoms with van der Waals surface area (Å²) in [6.45, 7) is 5.13. The predicted octanol–water partition coefficient (Wildman–Crippen LogP) is 2.10. The highest BCUT2D eigenvalue weighted by Crippen LogP contribution is 2.23. The van der Waals surface area contributed by atoms with Gasteiger partial charge in [-0.2, -0.15) is 0 Å². The van der Waals surface area contributed by atoms with Crippen LogP contribution in [-0.4, -0.2) is 29.6 Å². The van der Waals surface area contributed by atoms with Crippen molar-refractivity contribution in [3.05, 3.63) is 17.8 Å². The maximum atomic E-state index is 4.26. The molecule has 0 radical (unpaired) electrons. The van der Waals surface area contributed by atoms with Crippen molar-refractivity contribution in [3.8, 4) is 0 Å². The molecule has 0 aliphatic carbocycles. The minimum Gasteiger partial charge on any atom is -0.369 e. The summed E-state index contributed by atoms with van der Waals surface area (Å²) in [5.74, 6) is 0.947. The number of nitrogens with zero attached hydrogens (tertiary/aromatic N) is 2. The fourth-order valence-corrected chi connectivity index (χ4v) is 2.26. The van der Waals surface area contributed by atoms with Crippen molar-refractivity contribution in [1.29, 1.82) is 0 Å². The van der Waals surface area contributed by atoms with Crippen molar-refractivity contribution in [3.63, 3.8) is 0 Å². The molecule has 0 unspecified atom stereocenters. The number of rotatable bonds is 6. The molecule has 86 valence electrons. The highest BCUT2D eigenvalue weighted by molar-refractivity contribution is 7.16. The van der Waals surface area contributed by atoms with Crippen molar-refractivity contribution in [1.82, 2.24) is 15.3 Å². The van der Waals surface area contributed by atoms with Gasteiger partial charge in [-0.1, -0.05) is 6.92 Å². The molecular formula is C11H16N4S. The Labute approximate surface area is 99.1 Å². The van der Waals surface area contributed by atoms with E-state index in [0.29, 0.717) is 0 Å². The molecule has 0 aliphatic rings. The topological polar surface area (TPSA) is 49.8 Å². The van der Waals surface area contributed by atoms with Gasteiger partial charge in [-0.05, 0) is 31.0 Å². The standard InChI is InChI=1S/C11H16N4S/c1-2-12-5-3-6-13-10-9-4-7-16-11(9)15-8-14-10/h4,7-8,12H,2-3,5-6H2,1H3,(H,13,14,15). The Balaban J connectivity index is 1.91. The molecule has 5 heteroatoms. The van der Waals surface area contributed by atoms with Gasteiger partial charge in [0, 0.05) is 6.54 Å². The van der Waals surface area contributed by atoms with Crippen LogP contribution in [0.25, 0.3) is 10.2 Å². The number of hydrogen-bond acceptors (Lipinski definition) is 5. The number of fused-ring (bicyclic) bond motifs is 1. The van der Waals surface area contributed by atoms with E-state index < -0.39 is 0 Å². The molecule has 0 amide bonds.